The lowest BCUT2D eigenvalue weighted by atomic mass is 10.0. The van der Waals surface area contributed by atoms with Crippen molar-refractivity contribution in [2.45, 2.75) is 174 Å². The molecule has 3 unspecified atom stereocenters. The zero-order valence-corrected chi connectivity index (χ0v) is 29.3. The summed E-state index contributed by atoms with van der Waals surface area (Å²) in [6.45, 7) is 3.99. The number of phosphoric acid groups is 1. The number of rotatable bonds is 33. The van der Waals surface area contributed by atoms with Gasteiger partial charge in [0.25, 0.3) is 0 Å². The number of hydrogen-bond acceptors (Lipinski definition) is 6. The highest BCUT2D eigenvalue weighted by Gasteiger charge is 2.26. The molecular weight excluding hydrogens is 575 g/mol. The van der Waals surface area contributed by atoms with E-state index in [1.165, 1.54) is 96.3 Å². The monoisotopic (exact) mass is 644 g/mol. The second kappa shape index (κ2) is 31.9. The first-order chi connectivity index (χ1) is 21.4. The van der Waals surface area contributed by atoms with Crippen LogP contribution in [-0.4, -0.2) is 47.8 Å². The summed E-state index contributed by atoms with van der Waals surface area (Å²) in [6, 6.07) is -0.869. The van der Waals surface area contributed by atoms with Gasteiger partial charge in [-0.1, -0.05) is 154 Å². The number of nitrogens with one attached hydrogen (secondary N) is 1. The summed E-state index contributed by atoms with van der Waals surface area (Å²) in [5.74, 6) is -0.208. The lowest BCUT2D eigenvalue weighted by Crippen LogP contribution is -2.45. The van der Waals surface area contributed by atoms with E-state index in [2.05, 4.69) is 31.3 Å². The molecule has 1 amide bonds. The summed E-state index contributed by atoms with van der Waals surface area (Å²) in [5.41, 5.74) is 5.33. The number of amides is 1. The molecule has 9 heteroatoms. The molecule has 0 aliphatic rings. The number of nitrogens with two attached hydrogens (primary N) is 1. The molecule has 260 valence electrons. The maximum atomic E-state index is 12.6. The molecule has 3 atom stereocenters. The second-order valence-electron chi connectivity index (χ2n) is 12.1. The zero-order valence-electron chi connectivity index (χ0n) is 28.4. The average Bonchev–Trinajstić information content (AvgIpc) is 3.01. The van der Waals surface area contributed by atoms with Crippen LogP contribution in [-0.2, 0) is 18.4 Å². The van der Waals surface area contributed by atoms with Gasteiger partial charge in [0.2, 0.25) is 5.91 Å². The number of hydrogen-bond donors (Lipinski definition) is 4. The minimum Gasteiger partial charge on any atom is -0.387 e. The van der Waals surface area contributed by atoms with E-state index in [-0.39, 0.29) is 25.7 Å². The summed E-state index contributed by atoms with van der Waals surface area (Å²) in [4.78, 5) is 22.4. The van der Waals surface area contributed by atoms with Crippen LogP contribution in [0.4, 0.5) is 0 Å². The third-order valence-corrected chi connectivity index (χ3v) is 8.75. The Labute approximate surface area is 270 Å². The Hall–Kier alpha value is -1.02. The molecule has 8 nitrogen and oxygen atoms in total. The van der Waals surface area contributed by atoms with E-state index in [0.717, 1.165) is 44.9 Å². The molecule has 0 aromatic heterocycles. The minimum absolute atomic E-state index is 0.0749. The fourth-order valence-corrected chi connectivity index (χ4v) is 5.80. The van der Waals surface area contributed by atoms with Crippen molar-refractivity contribution in [2.75, 3.05) is 19.8 Å². The third-order valence-electron chi connectivity index (χ3n) is 7.76. The number of aliphatic hydroxyl groups excluding tert-OH is 1. The molecular formula is C35H69N2O6P. The SMILES string of the molecule is CCC/C=C/CC/C=C/C(O)C(COP(=O)(O)OCCN)NC(=O)CCCCCCCCCCCCCCCCCCCC. The Morgan fingerprint density at radius 2 is 1.20 bits per heavy atom. The topological polar surface area (TPSA) is 131 Å². The van der Waals surface area contributed by atoms with Gasteiger partial charge in [-0.3, -0.25) is 13.8 Å². The van der Waals surface area contributed by atoms with E-state index in [4.69, 9.17) is 14.8 Å². The number of unbranched alkanes of at least 4 members (excludes halogenated alkanes) is 19. The molecule has 0 fully saturated rings. The Balaban J connectivity index is 4.14. The normalized spacial score (nSPS) is 14.8. The molecule has 0 aliphatic carbocycles. The van der Waals surface area contributed by atoms with Crippen molar-refractivity contribution in [3.8, 4) is 0 Å². The van der Waals surface area contributed by atoms with Crippen molar-refractivity contribution >= 4 is 13.7 Å². The van der Waals surface area contributed by atoms with E-state index in [1.807, 2.05) is 6.08 Å². The van der Waals surface area contributed by atoms with Gasteiger partial charge in [-0.05, 0) is 25.7 Å². The highest BCUT2D eigenvalue weighted by atomic mass is 31.2. The summed E-state index contributed by atoms with van der Waals surface area (Å²) >= 11 is 0. The van der Waals surface area contributed by atoms with Crippen molar-refractivity contribution in [3.63, 3.8) is 0 Å². The standard InChI is InChI=1S/C35H69N2O6P/c1-3-5-7-9-11-12-13-14-15-16-17-18-19-20-21-23-25-27-29-35(39)37-33(32-43-44(40,41)42-31-30-36)34(38)28-26-24-22-10-8-6-4-2/h8,10,26,28,33-34,38H,3-7,9,11-25,27,29-32,36H2,1-2H3,(H,37,39)(H,40,41)/b10-8+,28-26+. The summed E-state index contributed by atoms with van der Waals surface area (Å²) in [5, 5.41) is 13.4. The molecule has 0 rings (SSSR count). The number of carbonyl (C=O) groups excluding carboxylic acids is 1. The Bertz CT molecular complexity index is 749. The van der Waals surface area contributed by atoms with Crippen LogP contribution >= 0.6 is 7.82 Å². The minimum atomic E-state index is -4.33. The van der Waals surface area contributed by atoms with Gasteiger partial charge in [-0.15, -0.1) is 0 Å². The van der Waals surface area contributed by atoms with Gasteiger partial charge < -0.3 is 21.1 Å². The van der Waals surface area contributed by atoms with Crippen LogP contribution in [0.3, 0.4) is 0 Å². The van der Waals surface area contributed by atoms with Crippen molar-refractivity contribution < 1.29 is 28.4 Å². The molecule has 0 spiro atoms. The number of allylic oxidation sites excluding steroid dienone is 3. The first-order valence-corrected chi connectivity index (χ1v) is 19.5. The lowest BCUT2D eigenvalue weighted by Gasteiger charge is -2.23. The molecule has 0 heterocycles. The molecule has 0 aromatic carbocycles. The van der Waals surface area contributed by atoms with Crippen LogP contribution in [0.15, 0.2) is 24.3 Å². The summed E-state index contributed by atoms with van der Waals surface area (Å²) < 4.78 is 21.9. The first-order valence-electron chi connectivity index (χ1n) is 18.0. The van der Waals surface area contributed by atoms with Crippen LogP contribution in [0.5, 0.6) is 0 Å². The van der Waals surface area contributed by atoms with Crippen LogP contribution < -0.4 is 11.1 Å². The maximum Gasteiger partial charge on any atom is 0.472 e. The predicted octanol–water partition coefficient (Wildman–Crippen LogP) is 9.05. The Morgan fingerprint density at radius 1 is 0.727 bits per heavy atom. The lowest BCUT2D eigenvalue weighted by molar-refractivity contribution is -0.123. The quantitative estimate of drug-likeness (QED) is 0.0318. The highest BCUT2D eigenvalue weighted by Crippen LogP contribution is 2.43. The predicted molar refractivity (Wildman–Crippen MR) is 185 cm³/mol. The van der Waals surface area contributed by atoms with E-state index in [0.29, 0.717) is 6.42 Å². The van der Waals surface area contributed by atoms with Gasteiger partial charge in [0.05, 0.1) is 25.4 Å². The maximum absolute atomic E-state index is 12.6. The number of phosphoric ester groups is 1. The van der Waals surface area contributed by atoms with Gasteiger partial charge in [0, 0.05) is 13.0 Å². The number of carbonyl (C=O) groups is 1. The molecule has 0 radical (unpaired) electrons. The van der Waals surface area contributed by atoms with Crippen molar-refractivity contribution in [2.24, 2.45) is 5.73 Å². The van der Waals surface area contributed by atoms with Crippen LogP contribution in [0.2, 0.25) is 0 Å². The van der Waals surface area contributed by atoms with Crippen molar-refractivity contribution in [3.05, 3.63) is 24.3 Å². The zero-order chi connectivity index (χ0) is 32.6. The van der Waals surface area contributed by atoms with Crippen molar-refractivity contribution in [1.29, 1.82) is 0 Å². The second-order valence-corrected chi connectivity index (χ2v) is 13.5. The molecule has 44 heavy (non-hydrogen) atoms. The van der Waals surface area contributed by atoms with Crippen molar-refractivity contribution in [1.82, 2.24) is 5.32 Å². The van der Waals surface area contributed by atoms with E-state index >= 15 is 0 Å². The average molecular weight is 645 g/mol. The van der Waals surface area contributed by atoms with E-state index < -0.39 is 20.0 Å². The Kier molecular flexibility index (Phi) is 31.2. The van der Waals surface area contributed by atoms with Crippen LogP contribution in [0, 0.1) is 0 Å². The van der Waals surface area contributed by atoms with Crippen LogP contribution in [0.25, 0.3) is 0 Å². The third kappa shape index (κ3) is 29.7. The summed E-state index contributed by atoms with van der Waals surface area (Å²) in [7, 11) is -4.33. The van der Waals surface area contributed by atoms with Gasteiger partial charge in [0.15, 0.2) is 0 Å². The van der Waals surface area contributed by atoms with Gasteiger partial charge in [0.1, 0.15) is 0 Å². The molecule has 0 saturated heterocycles. The van der Waals surface area contributed by atoms with Crippen LogP contribution in [0.1, 0.15) is 162 Å². The summed E-state index contributed by atoms with van der Waals surface area (Å²) in [6.07, 6.45) is 34.0. The molecule has 0 aliphatic heterocycles. The largest absolute Gasteiger partial charge is 0.472 e. The van der Waals surface area contributed by atoms with E-state index in [1.54, 1.807) is 6.08 Å². The smallest absolute Gasteiger partial charge is 0.387 e. The Morgan fingerprint density at radius 3 is 1.70 bits per heavy atom. The molecule has 0 aromatic rings. The van der Waals surface area contributed by atoms with E-state index in [9.17, 15) is 19.4 Å². The van der Waals surface area contributed by atoms with Gasteiger partial charge in [-0.2, -0.15) is 0 Å². The molecule has 5 N–H and O–H groups in total. The fraction of sp³-hybridized carbons (Fsp3) is 0.857. The highest BCUT2D eigenvalue weighted by molar-refractivity contribution is 7.47. The van der Waals surface area contributed by atoms with Gasteiger partial charge in [-0.25, -0.2) is 4.57 Å². The molecule has 0 bridgehead atoms. The number of aliphatic hydroxyl groups is 1. The fourth-order valence-electron chi connectivity index (χ4n) is 5.04. The van der Waals surface area contributed by atoms with Gasteiger partial charge >= 0.3 is 7.82 Å². The molecule has 0 saturated carbocycles. The first kappa shape index (κ1) is 43.0.